The number of amides is 2. The van der Waals surface area contributed by atoms with Crippen LogP contribution in [0.5, 0.6) is 5.75 Å². The minimum atomic E-state index is -1.23. The molecular weight excluding hydrogens is 474 g/mol. The van der Waals surface area contributed by atoms with E-state index in [0.717, 1.165) is 6.42 Å². The van der Waals surface area contributed by atoms with Crippen LogP contribution in [0.15, 0.2) is 60.0 Å². The smallest absolute Gasteiger partial charge is 0.326 e. The summed E-state index contributed by atoms with van der Waals surface area (Å²) >= 11 is 1.54. The van der Waals surface area contributed by atoms with E-state index in [1.807, 2.05) is 11.5 Å². The molecule has 0 saturated heterocycles. The van der Waals surface area contributed by atoms with Gasteiger partial charge in [-0.3, -0.25) is 19.7 Å². The van der Waals surface area contributed by atoms with Gasteiger partial charge in [0.2, 0.25) is 11.8 Å². The highest BCUT2D eigenvalue weighted by molar-refractivity contribution is 8.03. The van der Waals surface area contributed by atoms with Crippen LogP contribution in [-0.4, -0.2) is 50.3 Å². The minimum Gasteiger partial charge on any atom is -0.508 e. The first-order chi connectivity index (χ1) is 16.7. The van der Waals surface area contributed by atoms with Gasteiger partial charge in [-0.05, 0) is 41.5 Å². The standard InChI is InChI=1S/C24H25N3O7S/c28-18-9-5-15(6-10-18)12-21(24(31)32)26-23(30)20(14-19-2-1-11-35-19)25-22(29)13-16-3-7-17(8-4-16)27(33)34/h1,3-11,19-21,28H,2,12-14H2,(H,25,29)(H,26,30)(H,31,32)/t19?,20-,21-/m0/s1. The Kier molecular flexibility index (Phi) is 8.85. The van der Waals surface area contributed by atoms with Gasteiger partial charge >= 0.3 is 5.97 Å². The molecule has 2 aromatic rings. The van der Waals surface area contributed by atoms with E-state index in [1.54, 1.807) is 12.1 Å². The Morgan fingerprint density at radius 2 is 1.69 bits per heavy atom. The summed E-state index contributed by atoms with van der Waals surface area (Å²) in [7, 11) is 0. The summed E-state index contributed by atoms with van der Waals surface area (Å²) in [4.78, 5) is 47.8. The second kappa shape index (κ2) is 12.0. The van der Waals surface area contributed by atoms with Crippen molar-refractivity contribution in [1.82, 2.24) is 10.6 Å². The summed E-state index contributed by atoms with van der Waals surface area (Å²) in [6.07, 6.45) is 2.91. The quantitative estimate of drug-likeness (QED) is 0.271. The molecule has 3 atom stereocenters. The predicted molar refractivity (Wildman–Crippen MR) is 130 cm³/mol. The molecule has 0 fully saturated rings. The third-order valence-electron chi connectivity index (χ3n) is 5.42. The average Bonchev–Trinajstić information content (AvgIpc) is 3.33. The third-order valence-corrected chi connectivity index (χ3v) is 6.54. The van der Waals surface area contributed by atoms with Gasteiger partial charge in [0, 0.05) is 23.8 Å². The van der Waals surface area contributed by atoms with Gasteiger partial charge in [0.15, 0.2) is 0 Å². The molecule has 2 amide bonds. The van der Waals surface area contributed by atoms with Gasteiger partial charge in [0.05, 0.1) is 11.3 Å². The van der Waals surface area contributed by atoms with Crippen molar-refractivity contribution in [3.63, 3.8) is 0 Å². The number of benzene rings is 2. The van der Waals surface area contributed by atoms with Crippen molar-refractivity contribution in [3.05, 3.63) is 81.3 Å². The van der Waals surface area contributed by atoms with E-state index in [0.29, 0.717) is 17.5 Å². The topological polar surface area (TPSA) is 159 Å². The van der Waals surface area contributed by atoms with Crippen LogP contribution in [0.3, 0.4) is 0 Å². The fraction of sp³-hybridized carbons (Fsp3) is 0.292. The molecule has 0 saturated carbocycles. The van der Waals surface area contributed by atoms with Gasteiger partial charge in [0.1, 0.15) is 17.8 Å². The molecule has 1 unspecified atom stereocenters. The van der Waals surface area contributed by atoms with Crippen LogP contribution in [0.25, 0.3) is 0 Å². The molecule has 0 aliphatic carbocycles. The van der Waals surface area contributed by atoms with E-state index < -0.39 is 34.8 Å². The molecule has 0 radical (unpaired) electrons. The average molecular weight is 500 g/mol. The largest absolute Gasteiger partial charge is 0.508 e. The molecule has 1 heterocycles. The lowest BCUT2D eigenvalue weighted by atomic mass is 10.0. The zero-order chi connectivity index (χ0) is 25.4. The Morgan fingerprint density at radius 3 is 2.26 bits per heavy atom. The molecule has 10 nitrogen and oxygen atoms in total. The van der Waals surface area contributed by atoms with Crippen molar-refractivity contribution in [2.45, 2.75) is 43.0 Å². The first kappa shape index (κ1) is 25.8. The van der Waals surface area contributed by atoms with Gasteiger partial charge in [0.25, 0.3) is 5.69 Å². The number of nitro groups is 1. The summed E-state index contributed by atoms with van der Waals surface area (Å²) in [6, 6.07) is 9.37. The number of hydrogen-bond donors (Lipinski definition) is 4. The fourth-order valence-corrected chi connectivity index (χ4v) is 4.55. The van der Waals surface area contributed by atoms with Gasteiger partial charge in [-0.25, -0.2) is 4.79 Å². The Morgan fingerprint density at radius 1 is 1.03 bits per heavy atom. The van der Waals surface area contributed by atoms with Gasteiger partial charge in [-0.1, -0.05) is 30.3 Å². The van der Waals surface area contributed by atoms with Crippen LogP contribution in [0.1, 0.15) is 24.0 Å². The monoisotopic (exact) mass is 499 g/mol. The van der Waals surface area contributed by atoms with Crippen LogP contribution in [0, 0.1) is 10.1 Å². The number of non-ortho nitro benzene ring substituents is 1. The number of phenolic OH excluding ortho intramolecular Hbond substituents is 1. The van der Waals surface area contributed by atoms with E-state index in [9.17, 15) is 34.7 Å². The van der Waals surface area contributed by atoms with Gasteiger partial charge in [-0.15, -0.1) is 11.8 Å². The molecule has 11 heteroatoms. The predicted octanol–water partition coefficient (Wildman–Crippen LogP) is 2.55. The number of allylic oxidation sites excluding steroid dienone is 1. The minimum absolute atomic E-state index is 0.00451. The number of rotatable bonds is 11. The van der Waals surface area contributed by atoms with E-state index >= 15 is 0 Å². The SMILES string of the molecule is O=C(Cc1ccc([N+](=O)[O-])cc1)N[C@@H](CC1CC=CS1)C(=O)N[C@@H](Cc1ccc(O)cc1)C(=O)O. The maximum atomic E-state index is 13.1. The number of carbonyl (C=O) groups is 3. The van der Waals surface area contributed by atoms with Crippen molar-refractivity contribution in [2.24, 2.45) is 0 Å². The van der Waals surface area contributed by atoms with Crippen molar-refractivity contribution < 1.29 is 29.5 Å². The molecule has 184 valence electrons. The van der Waals surface area contributed by atoms with Crippen molar-refractivity contribution in [3.8, 4) is 5.75 Å². The zero-order valence-electron chi connectivity index (χ0n) is 18.6. The normalized spacial score (nSPS) is 16.3. The van der Waals surface area contributed by atoms with Crippen molar-refractivity contribution in [1.29, 1.82) is 0 Å². The molecule has 1 aliphatic rings. The van der Waals surface area contributed by atoms with Crippen LogP contribution >= 0.6 is 11.8 Å². The Balaban J connectivity index is 1.67. The Hall–Kier alpha value is -3.86. The number of nitrogens with zero attached hydrogens (tertiary/aromatic N) is 1. The lowest BCUT2D eigenvalue weighted by Crippen LogP contribution is -2.53. The first-order valence-corrected chi connectivity index (χ1v) is 11.8. The lowest BCUT2D eigenvalue weighted by Gasteiger charge is -2.23. The van der Waals surface area contributed by atoms with Crippen molar-refractivity contribution in [2.75, 3.05) is 0 Å². The fourth-order valence-electron chi connectivity index (χ4n) is 3.58. The highest BCUT2D eigenvalue weighted by Gasteiger charge is 2.29. The summed E-state index contributed by atoms with van der Waals surface area (Å²) in [5.74, 6) is -2.25. The molecule has 0 aromatic heterocycles. The number of aromatic hydroxyl groups is 1. The van der Waals surface area contributed by atoms with E-state index in [4.69, 9.17) is 0 Å². The second-order valence-electron chi connectivity index (χ2n) is 8.09. The number of nitrogens with one attached hydrogen (secondary N) is 2. The molecule has 1 aliphatic heterocycles. The second-order valence-corrected chi connectivity index (χ2v) is 9.30. The molecule has 0 spiro atoms. The maximum Gasteiger partial charge on any atom is 0.326 e. The zero-order valence-corrected chi connectivity index (χ0v) is 19.4. The van der Waals surface area contributed by atoms with Crippen LogP contribution in [0.4, 0.5) is 5.69 Å². The number of phenols is 1. The highest BCUT2D eigenvalue weighted by Crippen LogP contribution is 2.28. The van der Waals surface area contributed by atoms with E-state index in [1.165, 1.54) is 48.2 Å². The maximum absolute atomic E-state index is 13.1. The van der Waals surface area contributed by atoms with E-state index in [-0.39, 0.29) is 29.5 Å². The molecule has 35 heavy (non-hydrogen) atoms. The summed E-state index contributed by atoms with van der Waals surface area (Å²) in [5.41, 5.74) is 1.07. The highest BCUT2D eigenvalue weighted by atomic mass is 32.2. The third kappa shape index (κ3) is 7.85. The summed E-state index contributed by atoms with van der Waals surface area (Å²) in [5, 5.41) is 37.1. The van der Waals surface area contributed by atoms with Gasteiger partial charge in [-0.2, -0.15) is 0 Å². The number of carboxylic acid groups (broad SMARTS) is 1. The first-order valence-electron chi connectivity index (χ1n) is 10.9. The molecule has 2 aromatic carbocycles. The number of thioether (sulfide) groups is 1. The number of aliphatic carboxylic acids is 1. The Labute approximate surface area is 205 Å². The van der Waals surface area contributed by atoms with Crippen LogP contribution in [0.2, 0.25) is 0 Å². The van der Waals surface area contributed by atoms with E-state index in [2.05, 4.69) is 10.6 Å². The van der Waals surface area contributed by atoms with Crippen LogP contribution in [-0.2, 0) is 27.2 Å². The summed E-state index contributed by atoms with van der Waals surface area (Å²) < 4.78 is 0. The van der Waals surface area contributed by atoms with Crippen molar-refractivity contribution >= 4 is 35.2 Å². The molecule has 3 rings (SSSR count). The van der Waals surface area contributed by atoms with Gasteiger partial charge < -0.3 is 20.8 Å². The lowest BCUT2D eigenvalue weighted by molar-refractivity contribution is -0.384. The van der Waals surface area contributed by atoms with Crippen LogP contribution < -0.4 is 10.6 Å². The number of nitro benzene ring substituents is 1. The Bertz CT molecular complexity index is 1100. The number of hydrogen-bond acceptors (Lipinski definition) is 7. The molecule has 0 bridgehead atoms. The molecular formula is C24H25N3O7S. The number of carboxylic acids is 1. The molecule has 4 N–H and O–H groups in total. The summed E-state index contributed by atoms with van der Waals surface area (Å²) in [6.45, 7) is 0. The number of carbonyl (C=O) groups excluding carboxylic acids is 2.